The summed E-state index contributed by atoms with van der Waals surface area (Å²) >= 11 is 0. The molecule has 4 N–H and O–H groups in total. The molecule has 0 radical (unpaired) electrons. The average Bonchev–Trinajstić information content (AvgIpc) is 2.30. The fourth-order valence-corrected chi connectivity index (χ4v) is 1.28. The highest BCUT2D eigenvalue weighted by molar-refractivity contribution is 5.94. The monoisotopic (exact) mass is 246 g/mol. The molecule has 1 aromatic rings. The van der Waals surface area contributed by atoms with E-state index in [0.717, 1.165) is 0 Å². The number of carboxylic acid groups (broad SMARTS) is 1. The number of hydrogen-bond donors (Lipinski definition) is 3. The van der Waals surface area contributed by atoms with Gasteiger partial charge in [-0.1, -0.05) is 11.8 Å². The maximum absolute atomic E-state index is 10.8. The summed E-state index contributed by atoms with van der Waals surface area (Å²) in [7, 11) is 0. The molecule has 0 spiro atoms. The van der Waals surface area contributed by atoms with Gasteiger partial charge in [-0.15, -0.1) is 0 Å². The van der Waals surface area contributed by atoms with Gasteiger partial charge in [0, 0.05) is 31.1 Å². The Bertz CT molecular complexity index is 527. The van der Waals surface area contributed by atoms with Crippen molar-refractivity contribution in [2.75, 3.05) is 12.3 Å². The van der Waals surface area contributed by atoms with Gasteiger partial charge in [0.15, 0.2) is 0 Å². The van der Waals surface area contributed by atoms with E-state index in [1.807, 2.05) is 0 Å². The van der Waals surface area contributed by atoms with E-state index in [1.54, 1.807) is 6.07 Å². The Morgan fingerprint density at radius 1 is 1.44 bits per heavy atom. The summed E-state index contributed by atoms with van der Waals surface area (Å²) in [5.74, 6) is 4.49. The molecule has 0 aliphatic rings. The van der Waals surface area contributed by atoms with Crippen LogP contribution in [-0.4, -0.2) is 23.5 Å². The van der Waals surface area contributed by atoms with Crippen LogP contribution in [0.25, 0.3) is 0 Å². The van der Waals surface area contributed by atoms with Crippen LogP contribution in [0.4, 0.5) is 5.69 Å². The number of amides is 1. The van der Waals surface area contributed by atoms with Gasteiger partial charge in [0.1, 0.15) is 0 Å². The Morgan fingerprint density at radius 3 is 2.78 bits per heavy atom. The van der Waals surface area contributed by atoms with Crippen LogP contribution in [0, 0.1) is 11.8 Å². The SMILES string of the molecule is CC(=O)NCCC#Cc1ccc(N)c(C(=O)O)c1. The molecule has 0 fully saturated rings. The summed E-state index contributed by atoms with van der Waals surface area (Å²) in [6.07, 6.45) is 0.506. The maximum Gasteiger partial charge on any atom is 0.337 e. The van der Waals surface area contributed by atoms with E-state index < -0.39 is 5.97 Å². The quantitative estimate of drug-likeness (QED) is 0.418. The lowest BCUT2D eigenvalue weighted by atomic mass is 10.1. The normalized spacial score (nSPS) is 9.17. The second-order valence-corrected chi connectivity index (χ2v) is 3.64. The van der Waals surface area contributed by atoms with Crippen molar-refractivity contribution in [2.24, 2.45) is 0 Å². The lowest BCUT2D eigenvalue weighted by Gasteiger charge is -2.00. The zero-order chi connectivity index (χ0) is 13.5. The van der Waals surface area contributed by atoms with Gasteiger partial charge in [0.2, 0.25) is 5.91 Å². The molecule has 0 atom stereocenters. The first kappa shape index (κ1) is 13.6. The van der Waals surface area contributed by atoms with Gasteiger partial charge in [-0.2, -0.15) is 0 Å². The Hall–Kier alpha value is -2.48. The lowest BCUT2D eigenvalue weighted by molar-refractivity contribution is -0.118. The molecular weight excluding hydrogens is 232 g/mol. The highest BCUT2D eigenvalue weighted by atomic mass is 16.4. The van der Waals surface area contributed by atoms with Crippen LogP contribution in [0.2, 0.25) is 0 Å². The van der Waals surface area contributed by atoms with Crippen molar-refractivity contribution in [1.29, 1.82) is 0 Å². The molecule has 0 heterocycles. The third-order valence-electron chi connectivity index (χ3n) is 2.14. The van der Waals surface area contributed by atoms with E-state index in [2.05, 4.69) is 17.2 Å². The molecule has 1 aromatic carbocycles. The first-order valence-electron chi connectivity index (χ1n) is 5.37. The second-order valence-electron chi connectivity index (χ2n) is 3.64. The number of rotatable bonds is 3. The van der Waals surface area contributed by atoms with Gasteiger partial charge >= 0.3 is 5.97 Å². The summed E-state index contributed by atoms with van der Waals surface area (Å²) in [6, 6.07) is 4.61. The molecule has 1 amide bonds. The number of nitrogens with one attached hydrogen (secondary N) is 1. The van der Waals surface area contributed by atoms with E-state index in [-0.39, 0.29) is 17.2 Å². The summed E-state index contributed by atoms with van der Waals surface area (Å²) in [5.41, 5.74) is 6.37. The number of benzene rings is 1. The topological polar surface area (TPSA) is 92.4 Å². The molecule has 0 aliphatic carbocycles. The largest absolute Gasteiger partial charge is 0.478 e. The van der Waals surface area contributed by atoms with Gasteiger partial charge in [-0.25, -0.2) is 4.79 Å². The number of anilines is 1. The zero-order valence-electron chi connectivity index (χ0n) is 9.99. The highest BCUT2D eigenvalue weighted by Gasteiger charge is 2.07. The first-order valence-corrected chi connectivity index (χ1v) is 5.37. The number of carboxylic acids is 1. The van der Waals surface area contributed by atoms with E-state index in [1.165, 1.54) is 19.1 Å². The first-order chi connectivity index (χ1) is 8.50. The van der Waals surface area contributed by atoms with E-state index in [4.69, 9.17) is 10.8 Å². The Labute approximate surface area is 105 Å². The van der Waals surface area contributed by atoms with Gasteiger partial charge in [-0.05, 0) is 18.2 Å². The van der Waals surface area contributed by atoms with Crippen molar-refractivity contribution in [3.8, 4) is 11.8 Å². The summed E-state index contributed by atoms with van der Waals surface area (Å²) in [4.78, 5) is 21.4. The Balaban J connectivity index is 2.68. The molecule has 5 nitrogen and oxygen atoms in total. The van der Waals surface area contributed by atoms with Crippen LogP contribution in [-0.2, 0) is 4.79 Å². The molecule has 0 saturated heterocycles. The fourth-order valence-electron chi connectivity index (χ4n) is 1.28. The van der Waals surface area contributed by atoms with E-state index in [9.17, 15) is 9.59 Å². The molecule has 18 heavy (non-hydrogen) atoms. The van der Waals surface area contributed by atoms with E-state index in [0.29, 0.717) is 18.5 Å². The van der Waals surface area contributed by atoms with E-state index >= 15 is 0 Å². The van der Waals surface area contributed by atoms with Crippen LogP contribution in [0.3, 0.4) is 0 Å². The molecular formula is C13H14N2O3. The minimum atomic E-state index is -1.07. The van der Waals surface area contributed by atoms with Gasteiger partial charge < -0.3 is 16.2 Å². The summed E-state index contributed by atoms with van der Waals surface area (Å²) in [6.45, 7) is 1.91. The van der Waals surface area contributed by atoms with Crippen LogP contribution in [0.15, 0.2) is 18.2 Å². The predicted octanol–water partition coefficient (Wildman–Crippen LogP) is 0.845. The van der Waals surface area contributed by atoms with Crippen molar-refractivity contribution in [1.82, 2.24) is 5.32 Å². The average molecular weight is 246 g/mol. The van der Waals surface area contributed by atoms with Crippen LogP contribution >= 0.6 is 0 Å². The smallest absolute Gasteiger partial charge is 0.337 e. The number of nitrogens with two attached hydrogens (primary N) is 1. The number of nitrogen functional groups attached to an aromatic ring is 1. The molecule has 94 valence electrons. The molecule has 0 saturated carbocycles. The van der Waals surface area contributed by atoms with Crippen LogP contribution in [0.1, 0.15) is 29.3 Å². The number of carbonyl (C=O) groups is 2. The lowest BCUT2D eigenvalue weighted by Crippen LogP contribution is -2.20. The molecule has 1 rings (SSSR count). The molecule has 5 heteroatoms. The molecule has 0 unspecified atom stereocenters. The summed E-state index contributed by atoms with van der Waals surface area (Å²) < 4.78 is 0. The highest BCUT2D eigenvalue weighted by Crippen LogP contribution is 2.13. The molecule has 0 bridgehead atoms. The van der Waals surface area contributed by atoms with Crippen molar-refractivity contribution < 1.29 is 14.7 Å². The molecule has 0 aromatic heterocycles. The fraction of sp³-hybridized carbons (Fsp3) is 0.231. The van der Waals surface area contributed by atoms with Crippen molar-refractivity contribution in [3.63, 3.8) is 0 Å². The molecule has 0 aliphatic heterocycles. The van der Waals surface area contributed by atoms with Gasteiger partial charge in [0.05, 0.1) is 5.56 Å². The third kappa shape index (κ3) is 4.18. The van der Waals surface area contributed by atoms with Crippen molar-refractivity contribution >= 4 is 17.6 Å². The standard InChI is InChI=1S/C13H14N2O3/c1-9(16)15-7-3-2-4-10-5-6-12(14)11(8-10)13(17)18/h5-6,8H,3,7,14H2,1H3,(H,15,16)(H,17,18). The number of carbonyl (C=O) groups excluding carboxylic acids is 1. The predicted molar refractivity (Wildman–Crippen MR) is 68.0 cm³/mol. The minimum Gasteiger partial charge on any atom is -0.478 e. The van der Waals surface area contributed by atoms with Gasteiger partial charge in [0.25, 0.3) is 0 Å². The second kappa shape index (κ2) is 6.30. The Kier molecular flexibility index (Phi) is 4.76. The zero-order valence-corrected chi connectivity index (χ0v) is 9.99. The van der Waals surface area contributed by atoms with Crippen molar-refractivity contribution in [3.05, 3.63) is 29.3 Å². The minimum absolute atomic E-state index is 0.0451. The van der Waals surface area contributed by atoms with Crippen LogP contribution < -0.4 is 11.1 Å². The third-order valence-corrected chi connectivity index (χ3v) is 2.14. The summed E-state index contributed by atoms with van der Waals surface area (Å²) in [5, 5.41) is 11.5. The van der Waals surface area contributed by atoms with Crippen LogP contribution in [0.5, 0.6) is 0 Å². The number of aromatic carboxylic acids is 1. The number of hydrogen-bond acceptors (Lipinski definition) is 3. The van der Waals surface area contributed by atoms with Crippen molar-refractivity contribution in [2.45, 2.75) is 13.3 Å². The van der Waals surface area contributed by atoms with Gasteiger partial charge in [-0.3, -0.25) is 4.79 Å². The maximum atomic E-state index is 10.8. The Morgan fingerprint density at radius 2 is 2.17 bits per heavy atom.